The summed E-state index contributed by atoms with van der Waals surface area (Å²) in [6.45, 7) is 0.500. The average Bonchev–Trinajstić information content (AvgIpc) is 2.99. The Hall–Kier alpha value is -3.57. The zero-order valence-corrected chi connectivity index (χ0v) is 16.5. The van der Waals surface area contributed by atoms with Crippen LogP contribution in [0.1, 0.15) is 27.2 Å². The van der Waals surface area contributed by atoms with Gasteiger partial charge < -0.3 is 10.6 Å². The van der Waals surface area contributed by atoms with Gasteiger partial charge in [-0.2, -0.15) is 0 Å². The molecule has 2 N–H and O–H groups in total. The maximum absolute atomic E-state index is 13.2. The fourth-order valence-corrected chi connectivity index (χ4v) is 4.30. The number of para-hydroxylation sites is 1. The molecule has 1 unspecified atom stereocenters. The first-order valence-electron chi connectivity index (χ1n) is 10.1. The van der Waals surface area contributed by atoms with E-state index in [-0.39, 0.29) is 5.91 Å². The Morgan fingerprint density at radius 3 is 2.53 bits per heavy atom. The molecule has 2 aromatic heterocycles. The van der Waals surface area contributed by atoms with Gasteiger partial charge in [0.25, 0.3) is 5.91 Å². The highest BCUT2D eigenvalue weighted by atomic mass is 16.2. The first kappa shape index (κ1) is 18.5. The number of hydrogen-bond acceptors (Lipinski definition) is 4. The van der Waals surface area contributed by atoms with Gasteiger partial charge in [0.1, 0.15) is 5.66 Å². The van der Waals surface area contributed by atoms with Crippen LogP contribution in [0, 0.1) is 0 Å². The van der Waals surface area contributed by atoms with Crippen molar-refractivity contribution in [1.29, 1.82) is 0 Å². The van der Waals surface area contributed by atoms with Crippen molar-refractivity contribution >= 4 is 16.8 Å². The van der Waals surface area contributed by atoms with Crippen LogP contribution in [-0.4, -0.2) is 27.3 Å². The number of amides is 1. The van der Waals surface area contributed by atoms with Gasteiger partial charge in [-0.05, 0) is 35.9 Å². The molecule has 3 heterocycles. The topological polar surface area (TPSA) is 72.1 Å². The largest absolute Gasteiger partial charge is 0.316 e. The van der Waals surface area contributed by atoms with E-state index in [0.717, 1.165) is 27.7 Å². The predicted octanol–water partition coefficient (Wildman–Crippen LogP) is 3.68. The van der Waals surface area contributed by atoms with E-state index in [9.17, 15) is 4.79 Å². The van der Waals surface area contributed by atoms with Crippen molar-refractivity contribution in [1.82, 2.24) is 14.9 Å². The monoisotopic (exact) mass is 394 g/mol. The lowest BCUT2D eigenvalue weighted by Gasteiger charge is -2.36. The van der Waals surface area contributed by atoms with Gasteiger partial charge in [0.05, 0.1) is 5.52 Å². The second kappa shape index (κ2) is 7.35. The third-order valence-electron chi connectivity index (χ3n) is 5.82. The molecule has 0 saturated heterocycles. The second-order valence-electron chi connectivity index (χ2n) is 7.70. The van der Waals surface area contributed by atoms with Crippen molar-refractivity contribution in [2.24, 2.45) is 5.73 Å². The molecular formula is C25H22N4O. The van der Waals surface area contributed by atoms with Crippen molar-refractivity contribution in [3.05, 3.63) is 108 Å². The molecule has 1 atom stereocenters. The second-order valence-corrected chi connectivity index (χ2v) is 7.70. The first-order valence-corrected chi connectivity index (χ1v) is 10.1. The fourth-order valence-electron chi connectivity index (χ4n) is 4.30. The number of carbonyl (C=O) groups excluding carboxylic acids is 1. The Balaban J connectivity index is 1.46. The summed E-state index contributed by atoms with van der Waals surface area (Å²) in [6, 6.07) is 23.7. The Bertz CT molecular complexity index is 1220. The lowest BCUT2D eigenvalue weighted by Crippen LogP contribution is -2.53. The molecule has 30 heavy (non-hydrogen) atoms. The Morgan fingerprint density at radius 2 is 1.67 bits per heavy atom. The first-order chi connectivity index (χ1) is 14.6. The lowest BCUT2D eigenvalue weighted by atomic mass is 9.92. The third-order valence-corrected chi connectivity index (χ3v) is 5.82. The zero-order valence-electron chi connectivity index (χ0n) is 16.5. The van der Waals surface area contributed by atoms with Crippen LogP contribution >= 0.6 is 0 Å². The van der Waals surface area contributed by atoms with Crippen LogP contribution in [0.3, 0.4) is 0 Å². The highest BCUT2D eigenvalue weighted by Gasteiger charge is 2.46. The van der Waals surface area contributed by atoms with E-state index in [1.165, 1.54) is 0 Å². The molecular weight excluding hydrogens is 372 g/mol. The number of benzene rings is 2. The Morgan fingerprint density at radius 1 is 0.900 bits per heavy atom. The molecule has 0 radical (unpaired) electrons. The molecule has 1 aliphatic heterocycles. The van der Waals surface area contributed by atoms with Gasteiger partial charge in [-0.25, -0.2) is 0 Å². The minimum absolute atomic E-state index is 0.0251. The molecule has 148 valence electrons. The number of fused-ring (bicyclic) bond motifs is 2. The molecule has 4 aromatic rings. The fraction of sp³-hybridized carbons (Fsp3) is 0.160. The maximum atomic E-state index is 13.2. The third kappa shape index (κ3) is 3.13. The van der Waals surface area contributed by atoms with Gasteiger partial charge in [0.2, 0.25) is 0 Å². The molecule has 0 aliphatic carbocycles. The minimum Gasteiger partial charge on any atom is -0.316 e. The maximum Gasteiger partial charge on any atom is 0.256 e. The van der Waals surface area contributed by atoms with Gasteiger partial charge in [0, 0.05) is 54.0 Å². The number of rotatable bonds is 5. The molecule has 2 aromatic carbocycles. The molecule has 5 heteroatoms. The van der Waals surface area contributed by atoms with Crippen LogP contribution < -0.4 is 5.73 Å². The summed E-state index contributed by atoms with van der Waals surface area (Å²) >= 11 is 0. The van der Waals surface area contributed by atoms with Crippen molar-refractivity contribution < 1.29 is 4.79 Å². The summed E-state index contributed by atoms with van der Waals surface area (Å²) in [5.41, 5.74) is 10.6. The van der Waals surface area contributed by atoms with Crippen LogP contribution in [0.4, 0.5) is 0 Å². The summed E-state index contributed by atoms with van der Waals surface area (Å²) in [4.78, 5) is 23.9. The van der Waals surface area contributed by atoms with E-state index >= 15 is 0 Å². The highest BCUT2D eigenvalue weighted by Crippen LogP contribution is 2.37. The number of nitrogens with two attached hydrogens (primary N) is 1. The molecule has 0 fully saturated rings. The van der Waals surface area contributed by atoms with Crippen molar-refractivity contribution in [3.8, 4) is 0 Å². The predicted molar refractivity (Wildman–Crippen MR) is 117 cm³/mol. The van der Waals surface area contributed by atoms with E-state index in [1.54, 1.807) is 17.3 Å². The molecule has 1 aliphatic rings. The van der Waals surface area contributed by atoms with Crippen LogP contribution in [0.5, 0.6) is 0 Å². The van der Waals surface area contributed by atoms with Gasteiger partial charge in [-0.1, -0.05) is 42.5 Å². The van der Waals surface area contributed by atoms with Crippen molar-refractivity contribution in [2.75, 3.05) is 6.54 Å². The SMILES string of the molecule is NC1(Cc2ccncc2)c2ccccc2C(=O)N1CCc1ccc2ccccc2n1. The standard InChI is InChI=1S/C25H22N4O/c26-25(17-18-11-14-27-15-12-18)22-7-3-2-6-21(22)24(30)29(25)16-13-20-10-9-19-5-1-4-8-23(19)28-20/h1-12,14-15H,13,16-17,26H2. The average molecular weight is 394 g/mol. The van der Waals surface area contributed by atoms with Crippen LogP contribution in [0.2, 0.25) is 0 Å². The Kier molecular flexibility index (Phi) is 4.52. The summed E-state index contributed by atoms with van der Waals surface area (Å²) in [7, 11) is 0. The molecule has 0 spiro atoms. The van der Waals surface area contributed by atoms with Crippen molar-refractivity contribution in [3.63, 3.8) is 0 Å². The Labute approximate surface area is 175 Å². The summed E-state index contributed by atoms with van der Waals surface area (Å²) in [5, 5.41) is 1.11. The summed E-state index contributed by atoms with van der Waals surface area (Å²) in [5.74, 6) is -0.0251. The smallest absolute Gasteiger partial charge is 0.256 e. The number of hydrogen-bond donors (Lipinski definition) is 1. The van der Waals surface area contributed by atoms with E-state index < -0.39 is 5.66 Å². The van der Waals surface area contributed by atoms with E-state index in [1.807, 2.05) is 66.7 Å². The normalized spacial score (nSPS) is 18.0. The zero-order chi connectivity index (χ0) is 20.6. The molecule has 0 saturated carbocycles. The molecule has 5 rings (SSSR count). The van der Waals surface area contributed by atoms with E-state index in [4.69, 9.17) is 10.7 Å². The molecule has 0 bridgehead atoms. The molecule has 1 amide bonds. The van der Waals surface area contributed by atoms with E-state index in [0.29, 0.717) is 24.9 Å². The minimum atomic E-state index is -0.897. The van der Waals surface area contributed by atoms with Crippen LogP contribution in [0.15, 0.2) is 85.2 Å². The van der Waals surface area contributed by atoms with Gasteiger partial charge in [0.15, 0.2) is 0 Å². The summed E-state index contributed by atoms with van der Waals surface area (Å²) in [6.07, 6.45) is 4.68. The van der Waals surface area contributed by atoms with Crippen molar-refractivity contribution in [2.45, 2.75) is 18.5 Å². The van der Waals surface area contributed by atoms with Crippen LogP contribution in [-0.2, 0) is 18.5 Å². The number of pyridine rings is 2. The lowest BCUT2D eigenvalue weighted by molar-refractivity contribution is 0.0559. The van der Waals surface area contributed by atoms with Gasteiger partial charge in [-0.15, -0.1) is 0 Å². The molecule has 5 nitrogen and oxygen atoms in total. The quantitative estimate of drug-likeness (QED) is 0.560. The number of aromatic nitrogens is 2. The summed E-state index contributed by atoms with van der Waals surface area (Å²) < 4.78 is 0. The number of carbonyl (C=O) groups is 1. The highest BCUT2D eigenvalue weighted by molar-refractivity contribution is 6.00. The number of nitrogens with zero attached hydrogens (tertiary/aromatic N) is 3. The van der Waals surface area contributed by atoms with E-state index in [2.05, 4.69) is 11.1 Å². The van der Waals surface area contributed by atoms with Crippen LogP contribution in [0.25, 0.3) is 10.9 Å². The van der Waals surface area contributed by atoms with Gasteiger partial charge in [-0.3, -0.25) is 14.8 Å². The van der Waals surface area contributed by atoms with Gasteiger partial charge >= 0.3 is 0 Å².